The molecule has 21 heavy (non-hydrogen) atoms. The average molecular weight is 306 g/mol. The van der Waals surface area contributed by atoms with Crippen LogP contribution in [-0.2, 0) is 4.74 Å². The Bertz CT molecular complexity index is 420. The maximum absolute atomic E-state index is 12.6. The zero-order valence-corrected chi connectivity index (χ0v) is 13.0. The van der Waals surface area contributed by atoms with Crippen LogP contribution in [0.3, 0.4) is 0 Å². The lowest BCUT2D eigenvalue weighted by Crippen LogP contribution is -2.73. The molecule has 0 radical (unpaired) electrons. The van der Waals surface area contributed by atoms with Gasteiger partial charge in [0.25, 0.3) is 0 Å². The summed E-state index contributed by atoms with van der Waals surface area (Å²) in [7, 11) is 0. The quantitative estimate of drug-likeness (QED) is 0.812. The SMILES string of the molecule is CCOC1CC(N)(CN2CC=C(C(F)(F)F)CC2)C1(C)C. The van der Waals surface area contributed by atoms with Gasteiger partial charge in [0, 0.05) is 42.8 Å². The minimum absolute atomic E-state index is 0.0505. The monoisotopic (exact) mass is 306 g/mol. The molecule has 1 saturated carbocycles. The van der Waals surface area contributed by atoms with Crippen molar-refractivity contribution in [3.63, 3.8) is 0 Å². The number of nitrogens with two attached hydrogens (primary N) is 1. The molecule has 6 heteroatoms. The van der Waals surface area contributed by atoms with Gasteiger partial charge in [-0.2, -0.15) is 13.2 Å². The number of halogens is 3. The summed E-state index contributed by atoms with van der Waals surface area (Å²) in [6, 6.07) is 0. The molecule has 2 N–H and O–H groups in total. The van der Waals surface area contributed by atoms with Crippen molar-refractivity contribution in [2.45, 2.75) is 51.4 Å². The van der Waals surface area contributed by atoms with E-state index >= 15 is 0 Å². The molecule has 2 atom stereocenters. The Balaban J connectivity index is 1.94. The molecular formula is C15H25F3N2O. The Kier molecular flexibility index (Phi) is 4.44. The van der Waals surface area contributed by atoms with Gasteiger partial charge in [-0.15, -0.1) is 0 Å². The second-order valence-corrected chi connectivity index (χ2v) is 6.74. The van der Waals surface area contributed by atoms with E-state index in [4.69, 9.17) is 10.5 Å². The van der Waals surface area contributed by atoms with Gasteiger partial charge in [0.15, 0.2) is 0 Å². The lowest BCUT2D eigenvalue weighted by Gasteiger charge is -2.60. The van der Waals surface area contributed by atoms with Crippen LogP contribution in [0.25, 0.3) is 0 Å². The largest absolute Gasteiger partial charge is 0.412 e. The second-order valence-electron chi connectivity index (χ2n) is 6.74. The Morgan fingerprint density at radius 3 is 2.52 bits per heavy atom. The number of nitrogens with zero attached hydrogens (tertiary/aromatic N) is 1. The fourth-order valence-electron chi connectivity index (χ4n) is 3.29. The van der Waals surface area contributed by atoms with E-state index in [0.29, 0.717) is 26.2 Å². The maximum Gasteiger partial charge on any atom is 0.412 e. The molecule has 2 aliphatic rings. The third-order valence-corrected chi connectivity index (χ3v) is 5.17. The first kappa shape index (κ1) is 16.8. The highest BCUT2D eigenvalue weighted by atomic mass is 19.4. The maximum atomic E-state index is 12.6. The van der Waals surface area contributed by atoms with Gasteiger partial charge in [-0.25, -0.2) is 0 Å². The van der Waals surface area contributed by atoms with Crippen molar-refractivity contribution in [3.8, 4) is 0 Å². The first-order valence-corrected chi connectivity index (χ1v) is 7.49. The normalized spacial score (nSPS) is 33.5. The predicted octanol–water partition coefficient (Wildman–Crippen LogP) is 2.71. The number of ether oxygens (including phenoxy) is 1. The van der Waals surface area contributed by atoms with Crippen molar-refractivity contribution in [1.82, 2.24) is 4.90 Å². The Hall–Kier alpha value is -0.590. The third-order valence-electron chi connectivity index (χ3n) is 5.17. The molecule has 2 rings (SSSR count). The van der Waals surface area contributed by atoms with Gasteiger partial charge in [0.1, 0.15) is 0 Å². The summed E-state index contributed by atoms with van der Waals surface area (Å²) < 4.78 is 43.5. The standard InChI is InChI=1S/C15H25F3N2O/c1-4-21-12-9-14(19,13(12,2)3)10-20-7-5-11(6-8-20)15(16,17)18/h5,12H,4,6-10,19H2,1-3H3. The summed E-state index contributed by atoms with van der Waals surface area (Å²) >= 11 is 0. The molecule has 0 saturated heterocycles. The van der Waals surface area contributed by atoms with E-state index < -0.39 is 17.3 Å². The van der Waals surface area contributed by atoms with Crippen molar-refractivity contribution >= 4 is 0 Å². The summed E-state index contributed by atoms with van der Waals surface area (Å²) in [6.07, 6.45) is -1.95. The molecule has 1 aliphatic carbocycles. The average Bonchev–Trinajstić information content (AvgIpc) is 2.38. The summed E-state index contributed by atoms with van der Waals surface area (Å²) in [5.41, 5.74) is 5.53. The summed E-state index contributed by atoms with van der Waals surface area (Å²) in [5, 5.41) is 0. The number of rotatable bonds is 4. The van der Waals surface area contributed by atoms with Crippen molar-refractivity contribution in [2.75, 3.05) is 26.2 Å². The van der Waals surface area contributed by atoms with Gasteiger partial charge >= 0.3 is 6.18 Å². The first-order chi connectivity index (χ1) is 9.60. The molecule has 1 fully saturated rings. The molecule has 0 bridgehead atoms. The van der Waals surface area contributed by atoms with Crippen LogP contribution in [0.15, 0.2) is 11.6 Å². The number of hydrogen-bond acceptors (Lipinski definition) is 3. The second kappa shape index (κ2) is 5.56. The van der Waals surface area contributed by atoms with E-state index in [1.807, 2.05) is 11.8 Å². The Morgan fingerprint density at radius 1 is 1.43 bits per heavy atom. The van der Waals surface area contributed by atoms with Gasteiger partial charge in [-0.05, 0) is 19.8 Å². The van der Waals surface area contributed by atoms with E-state index in [-0.39, 0.29) is 17.9 Å². The zero-order chi connectivity index (χ0) is 15.9. The number of alkyl halides is 3. The van der Waals surface area contributed by atoms with Crippen LogP contribution in [0.2, 0.25) is 0 Å². The molecule has 122 valence electrons. The Labute approximate surface area is 124 Å². The molecule has 2 unspecified atom stereocenters. The van der Waals surface area contributed by atoms with E-state index in [9.17, 15) is 13.2 Å². The summed E-state index contributed by atoms with van der Waals surface area (Å²) in [4.78, 5) is 2.01. The molecule has 0 aromatic carbocycles. The van der Waals surface area contributed by atoms with Crippen LogP contribution in [-0.4, -0.2) is 49.0 Å². The Morgan fingerprint density at radius 2 is 2.10 bits per heavy atom. The van der Waals surface area contributed by atoms with Crippen LogP contribution >= 0.6 is 0 Å². The van der Waals surface area contributed by atoms with E-state index in [1.54, 1.807) is 0 Å². The third kappa shape index (κ3) is 3.12. The van der Waals surface area contributed by atoms with Crippen molar-refractivity contribution in [3.05, 3.63) is 11.6 Å². The molecule has 1 heterocycles. The lowest BCUT2D eigenvalue weighted by atomic mass is 9.54. The van der Waals surface area contributed by atoms with Crippen molar-refractivity contribution in [1.29, 1.82) is 0 Å². The van der Waals surface area contributed by atoms with Crippen LogP contribution in [0.4, 0.5) is 13.2 Å². The molecule has 0 aromatic heterocycles. The minimum atomic E-state index is -4.19. The van der Waals surface area contributed by atoms with Gasteiger partial charge in [0.05, 0.1) is 6.10 Å². The summed E-state index contributed by atoms with van der Waals surface area (Å²) in [6.45, 7) is 8.13. The van der Waals surface area contributed by atoms with Gasteiger partial charge in [-0.3, -0.25) is 4.90 Å². The highest BCUT2D eigenvalue weighted by Gasteiger charge is 2.58. The molecule has 0 spiro atoms. The predicted molar refractivity (Wildman–Crippen MR) is 75.9 cm³/mol. The molecular weight excluding hydrogens is 281 g/mol. The van der Waals surface area contributed by atoms with Gasteiger partial charge in [0.2, 0.25) is 0 Å². The van der Waals surface area contributed by atoms with Gasteiger partial charge < -0.3 is 10.5 Å². The first-order valence-electron chi connectivity index (χ1n) is 7.49. The van der Waals surface area contributed by atoms with E-state index in [0.717, 1.165) is 6.42 Å². The van der Waals surface area contributed by atoms with Crippen LogP contribution < -0.4 is 5.73 Å². The molecule has 0 amide bonds. The fourth-order valence-corrected chi connectivity index (χ4v) is 3.29. The lowest BCUT2D eigenvalue weighted by molar-refractivity contribution is -0.156. The summed E-state index contributed by atoms with van der Waals surface area (Å²) in [5.74, 6) is 0. The zero-order valence-electron chi connectivity index (χ0n) is 13.0. The van der Waals surface area contributed by atoms with Crippen molar-refractivity contribution < 1.29 is 17.9 Å². The molecule has 1 aliphatic heterocycles. The minimum Gasteiger partial charge on any atom is -0.378 e. The molecule has 0 aromatic rings. The number of hydrogen-bond donors (Lipinski definition) is 1. The van der Waals surface area contributed by atoms with Crippen LogP contribution in [0.1, 0.15) is 33.6 Å². The highest BCUT2D eigenvalue weighted by molar-refractivity contribution is 5.17. The van der Waals surface area contributed by atoms with Crippen LogP contribution in [0.5, 0.6) is 0 Å². The molecule has 3 nitrogen and oxygen atoms in total. The fraction of sp³-hybridized carbons (Fsp3) is 0.867. The topological polar surface area (TPSA) is 38.5 Å². The van der Waals surface area contributed by atoms with E-state index in [2.05, 4.69) is 13.8 Å². The van der Waals surface area contributed by atoms with E-state index in [1.165, 1.54) is 6.08 Å². The highest BCUT2D eigenvalue weighted by Crippen LogP contribution is 2.50. The van der Waals surface area contributed by atoms with Crippen LogP contribution in [0, 0.1) is 5.41 Å². The van der Waals surface area contributed by atoms with Gasteiger partial charge in [-0.1, -0.05) is 19.9 Å². The van der Waals surface area contributed by atoms with Crippen molar-refractivity contribution in [2.24, 2.45) is 11.1 Å². The smallest absolute Gasteiger partial charge is 0.378 e.